The zero-order valence-corrected chi connectivity index (χ0v) is 17.2. The van der Waals surface area contributed by atoms with Gasteiger partial charge in [0.2, 0.25) is 5.95 Å². The van der Waals surface area contributed by atoms with Crippen molar-refractivity contribution >= 4 is 34.9 Å². The number of halogens is 1. The summed E-state index contributed by atoms with van der Waals surface area (Å²) >= 11 is 6.23. The Morgan fingerprint density at radius 3 is 2.52 bits per heavy atom. The third-order valence-corrected chi connectivity index (χ3v) is 4.68. The highest BCUT2D eigenvalue weighted by Gasteiger charge is 2.13. The predicted octanol–water partition coefficient (Wildman–Crippen LogP) is 5.23. The van der Waals surface area contributed by atoms with Gasteiger partial charge in [0.25, 0.3) is 0 Å². The molecule has 0 amide bonds. The Kier molecular flexibility index (Phi) is 4.94. The van der Waals surface area contributed by atoms with Gasteiger partial charge in [0.05, 0.1) is 11.9 Å². The van der Waals surface area contributed by atoms with Gasteiger partial charge < -0.3 is 15.2 Å². The molecule has 0 aliphatic rings. The second-order valence-electron chi connectivity index (χ2n) is 6.89. The Hall–Kier alpha value is -3.39. The number of hydrogen-bond acceptors (Lipinski definition) is 7. The first kappa shape index (κ1) is 18.9. The standard InChI is InChI=1S/C20H20ClN7O/c1-10-6-16(11(2)5-14(10)17-7-13(4)28-29-17)23-20-22-9-15(21)19(25-20)24-18-8-12(3)26-27-18/h5-9H,1-4H3,(H3,22,23,24,25,26,27). The third kappa shape index (κ3) is 4.07. The minimum absolute atomic E-state index is 0.403. The molecule has 0 bridgehead atoms. The van der Waals surface area contributed by atoms with E-state index in [1.165, 1.54) is 0 Å². The Morgan fingerprint density at radius 2 is 1.83 bits per heavy atom. The first-order chi connectivity index (χ1) is 13.9. The molecule has 4 aromatic rings. The average molecular weight is 410 g/mol. The van der Waals surface area contributed by atoms with Crippen LogP contribution in [0, 0.1) is 27.7 Å². The summed E-state index contributed by atoms with van der Waals surface area (Å²) in [6.45, 7) is 7.85. The molecule has 8 nitrogen and oxygen atoms in total. The van der Waals surface area contributed by atoms with Crippen molar-refractivity contribution in [3.8, 4) is 11.3 Å². The number of aromatic nitrogens is 5. The number of aromatic amines is 1. The summed E-state index contributed by atoms with van der Waals surface area (Å²) in [5, 5.41) is 17.7. The highest BCUT2D eigenvalue weighted by Crippen LogP contribution is 2.31. The normalized spacial score (nSPS) is 10.9. The molecular formula is C20H20ClN7O. The van der Waals surface area contributed by atoms with Crippen molar-refractivity contribution < 1.29 is 4.52 Å². The fourth-order valence-electron chi connectivity index (χ4n) is 2.95. The van der Waals surface area contributed by atoms with Crippen LogP contribution in [0.5, 0.6) is 0 Å². The smallest absolute Gasteiger partial charge is 0.229 e. The van der Waals surface area contributed by atoms with Crippen LogP contribution in [0.25, 0.3) is 11.3 Å². The van der Waals surface area contributed by atoms with Crippen molar-refractivity contribution in [1.29, 1.82) is 0 Å². The average Bonchev–Trinajstić information content (AvgIpc) is 3.29. The SMILES string of the molecule is Cc1cc(-c2cc(C)c(Nc3ncc(Cl)c(Nc4cc(C)[nH]n4)n3)cc2C)on1. The molecule has 3 N–H and O–H groups in total. The monoisotopic (exact) mass is 409 g/mol. The Balaban J connectivity index is 1.60. The lowest BCUT2D eigenvalue weighted by molar-refractivity contribution is 0.427. The van der Waals surface area contributed by atoms with Crippen molar-refractivity contribution in [2.75, 3.05) is 10.6 Å². The van der Waals surface area contributed by atoms with Crippen LogP contribution in [0.4, 0.5) is 23.3 Å². The van der Waals surface area contributed by atoms with E-state index in [9.17, 15) is 0 Å². The van der Waals surface area contributed by atoms with E-state index in [0.717, 1.165) is 39.5 Å². The Morgan fingerprint density at radius 1 is 1.00 bits per heavy atom. The summed E-state index contributed by atoms with van der Waals surface area (Å²) < 4.78 is 5.41. The van der Waals surface area contributed by atoms with E-state index in [-0.39, 0.29) is 0 Å². The molecule has 0 saturated carbocycles. The van der Waals surface area contributed by atoms with Gasteiger partial charge in [-0.3, -0.25) is 5.10 Å². The molecule has 0 saturated heterocycles. The minimum atomic E-state index is 0.403. The number of anilines is 4. The molecule has 148 valence electrons. The maximum atomic E-state index is 6.23. The number of benzene rings is 1. The summed E-state index contributed by atoms with van der Waals surface area (Å²) in [7, 11) is 0. The molecule has 3 heterocycles. The molecule has 0 aliphatic carbocycles. The molecule has 0 fully saturated rings. The summed E-state index contributed by atoms with van der Waals surface area (Å²) in [5.41, 5.74) is 5.75. The number of aryl methyl sites for hydroxylation is 4. The van der Waals surface area contributed by atoms with Crippen molar-refractivity contribution in [3.63, 3.8) is 0 Å². The summed E-state index contributed by atoms with van der Waals surface area (Å²) in [6.07, 6.45) is 1.55. The second kappa shape index (κ2) is 7.56. The lowest BCUT2D eigenvalue weighted by Gasteiger charge is -2.13. The van der Waals surface area contributed by atoms with Crippen molar-refractivity contribution in [2.45, 2.75) is 27.7 Å². The van der Waals surface area contributed by atoms with Gasteiger partial charge in [0.15, 0.2) is 17.4 Å². The molecule has 0 radical (unpaired) electrons. The van der Waals surface area contributed by atoms with Crippen LogP contribution in [0.3, 0.4) is 0 Å². The first-order valence-electron chi connectivity index (χ1n) is 9.02. The quantitative estimate of drug-likeness (QED) is 0.414. The number of hydrogen-bond donors (Lipinski definition) is 3. The third-order valence-electron chi connectivity index (χ3n) is 4.41. The van der Waals surface area contributed by atoms with Gasteiger partial charge in [0.1, 0.15) is 5.02 Å². The molecule has 29 heavy (non-hydrogen) atoms. The van der Waals surface area contributed by atoms with Crippen LogP contribution in [0.1, 0.15) is 22.5 Å². The molecule has 4 rings (SSSR count). The van der Waals surface area contributed by atoms with Crippen molar-refractivity contribution in [2.24, 2.45) is 0 Å². The Bertz CT molecular complexity index is 1180. The number of H-pyrrole nitrogens is 1. The van der Waals surface area contributed by atoms with E-state index >= 15 is 0 Å². The lowest BCUT2D eigenvalue weighted by Crippen LogP contribution is -2.03. The highest BCUT2D eigenvalue weighted by atomic mass is 35.5. The summed E-state index contributed by atoms with van der Waals surface area (Å²) in [4.78, 5) is 8.76. The van der Waals surface area contributed by atoms with E-state index in [0.29, 0.717) is 22.6 Å². The maximum absolute atomic E-state index is 6.23. The minimum Gasteiger partial charge on any atom is -0.356 e. The van der Waals surface area contributed by atoms with Gasteiger partial charge in [-0.15, -0.1) is 0 Å². The molecule has 1 aromatic carbocycles. The largest absolute Gasteiger partial charge is 0.356 e. The van der Waals surface area contributed by atoms with Crippen LogP contribution < -0.4 is 10.6 Å². The number of nitrogens with one attached hydrogen (secondary N) is 3. The van der Waals surface area contributed by atoms with Gasteiger partial charge in [-0.05, 0) is 51.0 Å². The van der Waals surface area contributed by atoms with Crippen LogP contribution in [0.15, 0.2) is 35.0 Å². The fraction of sp³-hybridized carbons (Fsp3) is 0.200. The number of nitrogens with zero attached hydrogens (tertiary/aromatic N) is 4. The van der Waals surface area contributed by atoms with Crippen LogP contribution in [-0.2, 0) is 0 Å². The van der Waals surface area contributed by atoms with Crippen molar-refractivity contribution in [3.05, 3.63) is 58.0 Å². The molecule has 9 heteroatoms. The van der Waals surface area contributed by atoms with E-state index in [1.807, 2.05) is 45.9 Å². The van der Waals surface area contributed by atoms with E-state index in [1.54, 1.807) is 6.20 Å². The van der Waals surface area contributed by atoms with E-state index in [2.05, 4.69) is 42.0 Å². The second-order valence-corrected chi connectivity index (χ2v) is 7.30. The zero-order chi connectivity index (χ0) is 20.5. The van der Waals surface area contributed by atoms with Gasteiger partial charge in [0, 0.05) is 29.1 Å². The predicted molar refractivity (Wildman–Crippen MR) is 113 cm³/mol. The van der Waals surface area contributed by atoms with Gasteiger partial charge in [-0.2, -0.15) is 10.1 Å². The molecule has 0 unspecified atom stereocenters. The topological polar surface area (TPSA) is 105 Å². The highest BCUT2D eigenvalue weighted by molar-refractivity contribution is 6.32. The molecule has 0 spiro atoms. The van der Waals surface area contributed by atoms with Gasteiger partial charge in [-0.25, -0.2) is 4.98 Å². The first-order valence-corrected chi connectivity index (χ1v) is 9.40. The molecule has 0 aliphatic heterocycles. The van der Waals surface area contributed by atoms with E-state index in [4.69, 9.17) is 16.1 Å². The molecule has 3 aromatic heterocycles. The van der Waals surface area contributed by atoms with Gasteiger partial charge in [-0.1, -0.05) is 16.8 Å². The Labute approximate surface area is 172 Å². The maximum Gasteiger partial charge on any atom is 0.229 e. The van der Waals surface area contributed by atoms with E-state index < -0.39 is 0 Å². The number of rotatable bonds is 5. The van der Waals surface area contributed by atoms with Crippen LogP contribution in [-0.4, -0.2) is 25.3 Å². The molecule has 0 atom stereocenters. The summed E-state index contributed by atoms with van der Waals surface area (Å²) in [5.74, 6) is 2.28. The molecular weight excluding hydrogens is 390 g/mol. The van der Waals surface area contributed by atoms with Crippen LogP contribution in [0.2, 0.25) is 5.02 Å². The lowest BCUT2D eigenvalue weighted by atomic mass is 10.0. The summed E-state index contributed by atoms with van der Waals surface area (Å²) in [6, 6.07) is 7.87. The zero-order valence-electron chi connectivity index (χ0n) is 16.5. The van der Waals surface area contributed by atoms with Crippen molar-refractivity contribution in [1.82, 2.24) is 25.3 Å². The van der Waals surface area contributed by atoms with Crippen LogP contribution >= 0.6 is 11.6 Å². The van der Waals surface area contributed by atoms with Gasteiger partial charge >= 0.3 is 0 Å². The fourth-order valence-corrected chi connectivity index (χ4v) is 3.08.